The fourth-order valence-electron chi connectivity index (χ4n) is 7.04. The van der Waals surface area contributed by atoms with Crippen molar-refractivity contribution in [3.63, 3.8) is 0 Å². The number of benzene rings is 7. The predicted octanol–water partition coefficient (Wildman–Crippen LogP) is 12.8. The second-order valence-electron chi connectivity index (χ2n) is 13.1. The number of aromatic nitrogens is 4. The van der Waals surface area contributed by atoms with Crippen LogP contribution < -0.4 is 0 Å². The fourth-order valence-corrected chi connectivity index (χ4v) is 8.15. The molecule has 0 aliphatic heterocycles. The first-order chi connectivity index (χ1) is 26.2. The van der Waals surface area contributed by atoms with Crippen molar-refractivity contribution in [3.05, 3.63) is 182 Å². The van der Waals surface area contributed by atoms with Gasteiger partial charge in [-0.25, -0.2) is 15.0 Å². The van der Waals surface area contributed by atoms with E-state index >= 15 is 0 Å². The van der Waals surface area contributed by atoms with Gasteiger partial charge in [-0.15, -0.1) is 11.3 Å². The molecule has 10 rings (SSSR count). The van der Waals surface area contributed by atoms with Crippen LogP contribution in [0.3, 0.4) is 0 Å². The lowest BCUT2D eigenvalue weighted by molar-refractivity contribution is 1.07. The Kier molecular flexibility index (Phi) is 7.63. The van der Waals surface area contributed by atoms with E-state index in [9.17, 15) is 0 Å². The lowest BCUT2D eigenvalue weighted by atomic mass is 9.94. The maximum absolute atomic E-state index is 5.11. The van der Waals surface area contributed by atoms with Crippen LogP contribution in [0, 0.1) is 0 Å². The average molecular weight is 695 g/mol. The highest BCUT2D eigenvalue weighted by molar-refractivity contribution is 7.25. The zero-order valence-corrected chi connectivity index (χ0v) is 29.3. The molecular weight excluding hydrogens is 665 g/mol. The van der Waals surface area contributed by atoms with Gasteiger partial charge in [-0.3, -0.25) is 4.98 Å². The number of hydrogen-bond donors (Lipinski definition) is 0. The van der Waals surface area contributed by atoms with Crippen molar-refractivity contribution >= 4 is 42.3 Å². The van der Waals surface area contributed by atoms with Crippen LogP contribution in [0.5, 0.6) is 0 Å². The Morgan fingerprint density at radius 2 is 0.849 bits per heavy atom. The van der Waals surface area contributed by atoms with Gasteiger partial charge in [0.2, 0.25) is 0 Å². The molecular formula is C48H30N4S. The average Bonchev–Trinajstić information content (AvgIpc) is 3.60. The van der Waals surface area contributed by atoms with Crippen LogP contribution in [-0.2, 0) is 0 Å². The second kappa shape index (κ2) is 13.1. The van der Waals surface area contributed by atoms with Crippen molar-refractivity contribution < 1.29 is 0 Å². The van der Waals surface area contributed by atoms with Crippen LogP contribution in [-0.4, -0.2) is 19.9 Å². The van der Waals surface area contributed by atoms with Crippen molar-refractivity contribution in [3.8, 4) is 67.7 Å². The minimum Gasteiger partial charge on any atom is -0.256 e. The minimum absolute atomic E-state index is 0.624. The zero-order chi connectivity index (χ0) is 35.1. The molecule has 4 nitrogen and oxygen atoms in total. The Morgan fingerprint density at radius 3 is 1.51 bits per heavy atom. The summed E-state index contributed by atoms with van der Waals surface area (Å²) >= 11 is 1.85. The lowest BCUT2D eigenvalue weighted by Crippen LogP contribution is -2.00. The van der Waals surface area contributed by atoms with E-state index in [4.69, 9.17) is 15.0 Å². The van der Waals surface area contributed by atoms with Crippen molar-refractivity contribution in [1.29, 1.82) is 0 Å². The van der Waals surface area contributed by atoms with Crippen molar-refractivity contribution in [2.24, 2.45) is 0 Å². The number of pyridine rings is 1. The molecule has 0 N–H and O–H groups in total. The number of nitrogens with zero attached hydrogens (tertiary/aromatic N) is 4. The van der Waals surface area contributed by atoms with E-state index in [-0.39, 0.29) is 0 Å². The van der Waals surface area contributed by atoms with Crippen LogP contribution in [0.1, 0.15) is 0 Å². The summed E-state index contributed by atoms with van der Waals surface area (Å²) in [7, 11) is 0. The molecule has 10 aromatic rings. The lowest BCUT2D eigenvalue weighted by Gasteiger charge is -2.13. The summed E-state index contributed by atoms with van der Waals surface area (Å²) < 4.78 is 2.57. The van der Waals surface area contributed by atoms with Crippen LogP contribution in [0.2, 0.25) is 0 Å². The highest BCUT2D eigenvalue weighted by atomic mass is 32.1. The van der Waals surface area contributed by atoms with Gasteiger partial charge in [0.25, 0.3) is 0 Å². The first kappa shape index (κ1) is 31.0. The number of fused-ring (bicyclic) bond motifs is 4. The Balaban J connectivity index is 1.17. The van der Waals surface area contributed by atoms with Gasteiger partial charge in [-0.05, 0) is 87.6 Å². The van der Waals surface area contributed by atoms with Gasteiger partial charge in [0.15, 0.2) is 17.5 Å². The summed E-state index contributed by atoms with van der Waals surface area (Å²) in [4.78, 5) is 19.7. The quantitative estimate of drug-likeness (QED) is 0.174. The summed E-state index contributed by atoms with van der Waals surface area (Å²) in [6.45, 7) is 0. The summed E-state index contributed by atoms with van der Waals surface area (Å²) in [5.41, 5.74) is 9.24. The van der Waals surface area contributed by atoms with E-state index < -0.39 is 0 Å². The van der Waals surface area contributed by atoms with Crippen molar-refractivity contribution in [2.75, 3.05) is 0 Å². The van der Waals surface area contributed by atoms with Crippen LogP contribution in [0.15, 0.2) is 182 Å². The Labute approximate surface area is 310 Å². The molecule has 0 saturated heterocycles. The highest BCUT2D eigenvalue weighted by Gasteiger charge is 2.16. The number of rotatable bonds is 6. The molecule has 0 saturated carbocycles. The van der Waals surface area contributed by atoms with E-state index in [0.29, 0.717) is 17.5 Å². The van der Waals surface area contributed by atoms with E-state index in [1.165, 1.54) is 30.9 Å². The maximum Gasteiger partial charge on any atom is 0.164 e. The predicted molar refractivity (Wildman–Crippen MR) is 221 cm³/mol. The molecule has 0 atom stereocenters. The zero-order valence-electron chi connectivity index (χ0n) is 28.5. The van der Waals surface area contributed by atoms with E-state index in [1.807, 2.05) is 96.4 Å². The molecule has 0 unspecified atom stereocenters. The van der Waals surface area contributed by atoms with Gasteiger partial charge in [0.05, 0.1) is 5.69 Å². The molecule has 0 bridgehead atoms. The van der Waals surface area contributed by atoms with E-state index in [0.717, 1.165) is 50.2 Å². The smallest absolute Gasteiger partial charge is 0.164 e. The summed E-state index contributed by atoms with van der Waals surface area (Å²) in [6, 6.07) is 61.7. The molecule has 0 amide bonds. The molecule has 3 aromatic heterocycles. The Morgan fingerprint density at radius 1 is 0.321 bits per heavy atom. The topological polar surface area (TPSA) is 51.6 Å². The van der Waals surface area contributed by atoms with Gasteiger partial charge in [0.1, 0.15) is 0 Å². The first-order valence-electron chi connectivity index (χ1n) is 17.6. The van der Waals surface area contributed by atoms with E-state index in [1.54, 1.807) is 0 Å². The van der Waals surface area contributed by atoms with Crippen molar-refractivity contribution in [2.45, 2.75) is 0 Å². The molecule has 0 aliphatic rings. The summed E-state index contributed by atoms with van der Waals surface area (Å²) in [6.07, 6.45) is 1.83. The van der Waals surface area contributed by atoms with Gasteiger partial charge in [0, 0.05) is 48.6 Å². The third kappa shape index (κ3) is 5.93. The monoisotopic (exact) mass is 694 g/mol. The second-order valence-corrected chi connectivity index (χ2v) is 14.2. The van der Waals surface area contributed by atoms with Crippen LogP contribution >= 0.6 is 11.3 Å². The molecule has 0 fully saturated rings. The molecule has 248 valence electrons. The largest absolute Gasteiger partial charge is 0.256 e. The summed E-state index contributed by atoms with van der Waals surface area (Å²) in [5, 5.41) is 5.06. The van der Waals surface area contributed by atoms with Gasteiger partial charge >= 0.3 is 0 Å². The van der Waals surface area contributed by atoms with Crippen molar-refractivity contribution in [1.82, 2.24) is 19.9 Å². The molecule has 0 radical (unpaired) electrons. The summed E-state index contributed by atoms with van der Waals surface area (Å²) in [5.74, 6) is 1.90. The maximum atomic E-state index is 5.11. The van der Waals surface area contributed by atoms with Gasteiger partial charge in [-0.2, -0.15) is 0 Å². The molecule has 7 aromatic carbocycles. The van der Waals surface area contributed by atoms with Crippen LogP contribution in [0.25, 0.3) is 98.6 Å². The fraction of sp³-hybridized carbons (Fsp3) is 0. The third-order valence-corrected chi connectivity index (χ3v) is 10.9. The van der Waals surface area contributed by atoms with Gasteiger partial charge in [-0.1, -0.05) is 121 Å². The molecule has 0 spiro atoms. The number of hydrogen-bond acceptors (Lipinski definition) is 5. The highest BCUT2D eigenvalue weighted by Crippen LogP contribution is 2.40. The molecule has 53 heavy (non-hydrogen) atoms. The molecule has 0 aliphatic carbocycles. The first-order valence-corrected chi connectivity index (χ1v) is 18.4. The molecule has 5 heteroatoms. The Hall–Kier alpha value is -6.82. The van der Waals surface area contributed by atoms with Crippen LogP contribution in [0.4, 0.5) is 0 Å². The van der Waals surface area contributed by atoms with Gasteiger partial charge < -0.3 is 0 Å². The standard InChI is InChI=1S/C48H30N4S/c1-3-11-33(12-4-1)46-50-47(34-13-5-2-6-14-34)52-48(51-46)40-26-38(31-18-20-32(21-19-31)43-17-9-10-24-49-43)25-39(27-40)37-22-23-44-41(29-37)42-28-35-15-7-8-16-36(35)30-45(42)53-44/h1-30H. The third-order valence-electron chi connectivity index (χ3n) is 9.74. The SMILES string of the molecule is c1ccc(-c2nc(-c3ccccc3)nc(-c3cc(-c4ccc(-c5ccccn5)cc4)cc(-c4ccc5sc6cc7ccccc7cc6c5c4)c3)n2)cc1. The van der Waals surface area contributed by atoms with E-state index in [2.05, 4.69) is 102 Å². The number of thiophene rings is 1. The Bertz CT molecular complexity index is 2860. The molecule has 3 heterocycles. The normalized spacial score (nSPS) is 11.4. The minimum atomic E-state index is 0.624.